The van der Waals surface area contributed by atoms with Crippen LogP contribution in [0.3, 0.4) is 0 Å². The van der Waals surface area contributed by atoms with Gasteiger partial charge in [-0.1, -0.05) is 36.7 Å². The molecule has 1 aliphatic heterocycles. The van der Waals surface area contributed by atoms with Gasteiger partial charge in [-0.2, -0.15) is 0 Å². The zero-order valence-electron chi connectivity index (χ0n) is 11.8. The molecule has 1 unspecified atom stereocenters. The lowest BCUT2D eigenvalue weighted by Crippen LogP contribution is -2.47. The summed E-state index contributed by atoms with van der Waals surface area (Å²) in [6, 6.07) is 4.77. The van der Waals surface area contributed by atoms with Crippen molar-refractivity contribution in [2.24, 2.45) is 5.41 Å². The molecule has 4 nitrogen and oxygen atoms in total. The summed E-state index contributed by atoms with van der Waals surface area (Å²) in [5.74, 6) is -0.550. The van der Waals surface area contributed by atoms with Gasteiger partial charge in [0.25, 0.3) is 11.8 Å². The number of hydrogen-bond acceptors (Lipinski definition) is 3. The molecule has 0 bridgehead atoms. The highest BCUT2D eigenvalue weighted by molar-refractivity contribution is 9.10. The summed E-state index contributed by atoms with van der Waals surface area (Å²) in [6.07, 6.45) is 0.385. The third-order valence-electron chi connectivity index (χ3n) is 3.59. The number of amides is 2. The maximum absolute atomic E-state index is 12.5. The van der Waals surface area contributed by atoms with E-state index in [0.717, 1.165) is 4.47 Å². The minimum absolute atomic E-state index is 0.0565. The van der Waals surface area contributed by atoms with E-state index in [-0.39, 0.29) is 29.9 Å². The minimum Gasteiger partial charge on any atom is -0.396 e. The van der Waals surface area contributed by atoms with Gasteiger partial charge in [0.05, 0.1) is 11.1 Å². The first-order chi connectivity index (χ1) is 9.27. The first kappa shape index (κ1) is 15.2. The zero-order valence-corrected chi connectivity index (χ0v) is 13.4. The SMILES string of the molecule is CC(C)(C)C(CCO)N1C(=O)c2ccc(Br)cc2C1=O. The van der Waals surface area contributed by atoms with Gasteiger partial charge in [0.2, 0.25) is 0 Å². The van der Waals surface area contributed by atoms with Crippen molar-refractivity contribution in [3.05, 3.63) is 33.8 Å². The van der Waals surface area contributed by atoms with E-state index in [1.807, 2.05) is 20.8 Å². The van der Waals surface area contributed by atoms with Crippen LogP contribution in [-0.2, 0) is 0 Å². The Balaban J connectivity index is 2.45. The van der Waals surface area contributed by atoms with Crippen LogP contribution in [0.15, 0.2) is 22.7 Å². The molecule has 0 aliphatic carbocycles. The van der Waals surface area contributed by atoms with E-state index in [1.54, 1.807) is 18.2 Å². The molecule has 108 valence electrons. The Labute approximate surface area is 126 Å². The third-order valence-corrected chi connectivity index (χ3v) is 4.09. The molecule has 5 heteroatoms. The van der Waals surface area contributed by atoms with E-state index in [0.29, 0.717) is 17.5 Å². The monoisotopic (exact) mass is 339 g/mol. The standard InChI is InChI=1S/C15H18BrNO3/c1-15(2,3)12(6-7-18)17-13(19)10-5-4-9(16)8-11(10)14(17)20/h4-5,8,12,18H,6-7H2,1-3H3. The Bertz CT molecular complexity index is 563. The maximum atomic E-state index is 12.5. The van der Waals surface area contributed by atoms with E-state index >= 15 is 0 Å². The minimum atomic E-state index is -0.321. The van der Waals surface area contributed by atoms with Crippen LogP contribution < -0.4 is 0 Å². The van der Waals surface area contributed by atoms with E-state index in [4.69, 9.17) is 0 Å². The first-order valence-corrected chi connectivity index (χ1v) is 7.35. The van der Waals surface area contributed by atoms with Crippen molar-refractivity contribution in [3.8, 4) is 0 Å². The van der Waals surface area contributed by atoms with Crippen LogP contribution in [0.25, 0.3) is 0 Å². The molecule has 0 fully saturated rings. The normalized spacial score (nSPS) is 16.6. The molecule has 1 aromatic carbocycles. The summed E-state index contributed by atoms with van der Waals surface area (Å²) in [7, 11) is 0. The summed E-state index contributed by atoms with van der Waals surface area (Å²) in [4.78, 5) is 26.3. The van der Waals surface area contributed by atoms with Gasteiger partial charge in [0.15, 0.2) is 0 Å². The molecular weight excluding hydrogens is 322 g/mol. The number of halogens is 1. The maximum Gasteiger partial charge on any atom is 0.261 e. The predicted molar refractivity (Wildman–Crippen MR) is 79.6 cm³/mol. The fraction of sp³-hybridized carbons (Fsp3) is 0.467. The lowest BCUT2D eigenvalue weighted by atomic mass is 9.84. The molecule has 0 saturated heterocycles. The van der Waals surface area contributed by atoms with Gasteiger partial charge >= 0.3 is 0 Å². The highest BCUT2D eigenvalue weighted by atomic mass is 79.9. The lowest BCUT2D eigenvalue weighted by Gasteiger charge is -2.36. The summed E-state index contributed by atoms with van der Waals surface area (Å²) >= 11 is 3.32. The molecule has 1 aliphatic rings. The molecular formula is C15H18BrNO3. The number of carbonyl (C=O) groups excluding carboxylic acids is 2. The molecule has 1 heterocycles. The third kappa shape index (κ3) is 2.52. The van der Waals surface area contributed by atoms with Crippen LogP contribution in [0.5, 0.6) is 0 Å². The number of imide groups is 1. The van der Waals surface area contributed by atoms with Crippen molar-refractivity contribution < 1.29 is 14.7 Å². The Kier molecular flexibility index (Phi) is 4.02. The molecule has 0 radical (unpaired) electrons. The topological polar surface area (TPSA) is 57.6 Å². The van der Waals surface area contributed by atoms with Crippen molar-refractivity contribution in [2.75, 3.05) is 6.61 Å². The van der Waals surface area contributed by atoms with Crippen LogP contribution in [-0.4, -0.2) is 34.5 Å². The molecule has 0 aromatic heterocycles. The Hall–Kier alpha value is -1.20. The fourth-order valence-electron chi connectivity index (χ4n) is 2.59. The molecule has 1 aromatic rings. The number of hydrogen-bond donors (Lipinski definition) is 1. The van der Waals surface area contributed by atoms with Crippen LogP contribution >= 0.6 is 15.9 Å². The van der Waals surface area contributed by atoms with E-state index in [9.17, 15) is 14.7 Å². The summed E-state index contributed by atoms with van der Waals surface area (Å²) in [6.45, 7) is 5.84. The van der Waals surface area contributed by atoms with Crippen molar-refractivity contribution in [1.29, 1.82) is 0 Å². The van der Waals surface area contributed by atoms with E-state index < -0.39 is 0 Å². The first-order valence-electron chi connectivity index (χ1n) is 6.55. The number of rotatable bonds is 3. The van der Waals surface area contributed by atoms with Gasteiger partial charge in [-0.05, 0) is 30.0 Å². The van der Waals surface area contributed by atoms with E-state index in [1.165, 1.54) is 4.90 Å². The molecule has 2 rings (SSSR count). The largest absolute Gasteiger partial charge is 0.396 e. The van der Waals surface area contributed by atoms with Crippen molar-refractivity contribution in [2.45, 2.75) is 33.2 Å². The fourth-order valence-corrected chi connectivity index (χ4v) is 2.95. The average Bonchev–Trinajstić information content (AvgIpc) is 2.58. The predicted octanol–water partition coefficient (Wildman–Crippen LogP) is 2.84. The van der Waals surface area contributed by atoms with Crippen LogP contribution in [0.4, 0.5) is 0 Å². The quantitative estimate of drug-likeness (QED) is 0.861. The summed E-state index contributed by atoms with van der Waals surface area (Å²) in [5.41, 5.74) is 0.579. The number of aliphatic hydroxyl groups excluding tert-OH is 1. The van der Waals surface area contributed by atoms with Crippen LogP contribution in [0.1, 0.15) is 47.9 Å². The number of fused-ring (bicyclic) bond motifs is 1. The number of benzene rings is 1. The Morgan fingerprint density at radius 3 is 2.35 bits per heavy atom. The second-order valence-corrected chi connectivity index (χ2v) is 6.98. The van der Waals surface area contributed by atoms with Gasteiger partial charge in [0.1, 0.15) is 0 Å². The molecule has 0 saturated carbocycles. The van der Waals surface area contributed by atoms with Crippen molar-refractivity contribution in [1.82, 2.24) is 4.90 Å². The van der Waals surface area contributed by atoms with Crippen LogP contribution in [0.2, 0.25) is 0 Å². The van der Waals surface area contributed by atoms with Crippen molar-refractivity contribution >= 4 is 27.7 Å². The molecule has 0 spiro atoms. The number of carbonyl (C=O) groups is 2. The van der Waals surface area contributed by atoms with Crippen LogP contribution in [0, 0.1) is 5.41 Å². The second-order valence-electron chi connectivity index (χ2n) is 6.06. The van der Waals surface area contributed by atoms with Crippen molar-refractivity contribution in [3.63, 3.8) is 0 Å². The highest BCUT2D eigenvalue weighted by Crippen LogP contribution is 2.34. The number of aliphatic hydroxyl groups is 1. The zero-order chi connectivity index (χ0) is 15.1. The summed E-state index contributed by atoms with van der Waals surface area (Å²) < 4.78 is 0.772. The van der Waals surface area contributed by atoms with Gasteiger partial charge < -0.3 is 5.11 Å². The molecule has 1 N–H and O–H groups in total. The molecule has 2 amide bonds. The summed E-state index contributed by atoms with van der Waals surface area (Å²) in [5, 5.41) is 9.24. The number of nitrogens with zero attached hydrogens (tertiary/aromatic N) is 1. The Morgan fingerprint density at radius 1 is 1.20 bits per heavy atom. The van der Waals surface area contributed by atoms with E-state index in [2.05, 4.69) is 15.9 Å². The average molecular weight is 340 g/mol. The second kappa shape index (κ2) is 5.30. The van der Waals surface area contributed by atoms with Gasteiger partial charge in [-0.15, -0.1) is 0 Å². The van der Waals surface area contributed by atoms with Gasteiger partial charge in [-0.25, -0.2) is 0 Å². The van der Waals surface area contributed by atoms with Gasteiger partial charge in [-0.3, -0.25) is 14.5 Å². The Morgan fingerprint density at radius 2 is 1.80 bits per heavy atom. The smallest absolute Gasteiger partial charge is 0.261 e. The molecule has 1 atom stereocenters. The lowest BCUT2D eigenvalue weighted by molar-refractivity contribution is 0.0410. The van der Waals surface area contributed by atoms with Gasteiger partial charge in [0, 0.05) is 17.1 Å². The highest BCUT2D eigenvalue weighted by Gasteiger charge is 2.43. The molecule has 20 heavy (non-hydrogen) atoms.